The SMILES string of the molecule is C/C(=N/O)c1cccc(NC(=O)c2cc(O)cc(O)c2)c1. The van der Waals surface area contributed by atoms with E-state index in [1.165, 1.54) is 12.1 Å². The molecule has 0 spiro atoms. The molecular weight excluding hydrogens is 272 g/mol. The summed E-state index contributed by atoms with van der Waals surface area (Å²) in [5, 5.41) is 33.2. The second-order valence-corrected chi connectivity index (χ2v) is 4.46. The van der Waals surface area contributed by atoms with Crippen LogP contribution in [-0.2, 0) is 0 Å². The molecule has 0 saturated heterocycles. The molecule has 21 heavy (non-hydrogen) atoms. The summed E-state index contributed by atoms with van der Waals surface area (Å²) in [5.41, 5.74) is 1.71. The van der Waals surface area contributed by atoms with Crippen LogP contribution in [0, 0.1) is 0 Å². The van der Waals surface area contributed by atoms with E-state index in [0.29, 0.717) is 17.0 Å². The number of benzene rings is 2. The lowest BCUT2D eigenvalue weighted by Gasteiger charge is -2.08. The third kappa shape index (κ3) is 3.50. The van der Waals surface area contributed by atoms with Crippen LogP contribution in [0.2, 0.25) is 0 Å². The van der Waals surface area contributed by atoms with E-state index in [2.05, 4.69) is 10.5 Å². The predicted octanol–water partition coefficient (Wildman–Crippen LogP) is 2.55. The Balaban J connectivity index is 2.23. The number of carbonyl (C=O) groups is 1. The number of amides is 1. The van der Waals surface area contributed by atoms with Crippen LogP contribution >= 0.6 is 0 Å². The van der Waals surface area contributed by atoms with Gasteiger partial charge in [-0.3, -0.25) is 4.79 Å². The van der Waals surface area contributed by atoms with Gasteiger partial charge in [-0.15, -0.1) is 0 Å². The van der Waals surface area contributed by atoms with E-state index in [0.717, 1.165) is 6.07 Å². The van der Waals surface area contributed by atoms with Gasteiger partial charge in [0.1, 0.15) is 11.5 Å². The highest BCUT2D eigenvalue weighted by atomic mass is 16.4. The third-order valence-electron chi connectivity index (χ3n) is 2.85. The minimum absolute atomic E-state index is 0.130. The van der Waals surface area contributed by atoms with Crippen molar-refractivity contribution in [1.29, 1.82) is 0 Å². The fourth-order valence-corrected chi connectivity index (χ4v) is 1.81. The zero-order valence-electron chi connectivity index (χ0n) is 11.2. The van der Waals surface area contributed by atoms with Crippen LogP contribution in [0.15, 0.2) is 47.6 Å². The maximum atomic E-state index is 12.1. The Labute approximate surface area is 121 Å². The van der Waals surface area contributed by atoms with E-state index < -0.39 is 5.91 Å². The minimum atomic E-state index is -0.475. The zero-order valence-corrected chi connectivity index (χ0v) is 11.2. The highest BCUT2D eigenvalue weighted by molar-refractivity contribution is 6.06. The Morgan fingerprint density at radius 3 is 2.33 bits per heavy atom. The summed E-state index contributed by atoms with van der Waals surface area (Å²) in [4.78, 5) is 12.1. The van der Waals surface area contributed by atoms with E-state index in [4.69, 9.17) is 5.21 Å². The molecule has 2 rings (SSSR count). The number of hydrogen-bond donors (Lipinski definition) is 4. The van der Waals surface area contributed by atoms with E-state index in [-0.39, 0.29) is 17.1 Å². The van der Waals surface area contributed by atoms with Crippen LogP contribution in [-0.4, -0.2) is 27.0 Å². The average Bonchev–Trinajstić information content (AvgIpc) is 2.45. The van der Waals surface area contributed by atoms with Gasteiger partial charge in [-0.1, -0.05) is 17.3 Å². The first-order valence-corrected chi connectivity index (χ1v) is 6.13. The summed E-state index contributed by atoms with van der Waals surface area (Å²) >= 11 is 0. The molecule has 2 aromatic rings. The number of oxime groups is 1. The number of carbonyl (C=O) groups excluding carboxylic acids is 1. The van der Waals surface area contributed by atoms with Crippen molar-refractivity contribution in [3.63, 3.8) is 0 Å². The molecule has 4 N–H and O–H groups in total. The topological polar surface area (TPSA) is 102 Å². The smallest absolute Gasteiger partial charge is 0.255 e. The molecule has 0 fully saturated rings. The summed E-state index contributed by atoms with van der Waals surface area (Å²) < 4.78 is 0. The molecule has 0 aliphatic carbocycles. The number of phenols is 2. The molecule has 0 unspecified atom stereocenters. The van der Waals surface area contributed by atoms with Crippen LogP contribution in [0.5, 0.6) is 11.5 Å². The maximum Gasteiger partial charge on any atom is 0.255 e. The molecule has 0 heterocycles. The lowest BCUT2D eigenvalue weighted by molar-refractivity contribution is 0.102. The number of anilines is 1. The molecule has 0 saturated carbocycles. The van der Waals surface area contributed by atoms with Gasteiger partial charge in [0.25, 0.3) is 5.91 Å². The van der Waals surface area contributed by atoms with Gasteiger partial charge in [0.15, 0.2) is 0 Å². The summed E-state index contributed by atoms with van der Waals surface area (Å²) in [5.74, 6) is -0.869. The fraction of sp³-hybridized carbons (Fsp3) is 0.0667. The molecular formula is C15H14N2O4. The van der Waals surface area contributed by atoms with Crippen LogP contribution in [0.25, 0.3) is 0 Å². The first kappa shape index (κ1) is 14.4. The van der Waals surface area contributed by atoms with Gasteiger partial charge in [0, 0.05) is 22.9 Å². The molecule has 0 bridgehead atoms. The number of nitrogens with zero attached hydrogens (tertiary/aromatic N) is 1. The van der Waals surface area contributed by atoms with Crippen molar-refractivity contribution in [2.45, 2.75) is 6.92 Å². The molecule has 6 heteroatoms. The number of rotatable bonds is 3. The quantitative estimate of drug-likeness (QED) is 0.395. The maximum absolute atomic E-state index is 12.1. The Morgan fingerprint density at radius 1 is 1.05 bits per heavy atom. The number of phenolic OH excluding ortho intramolecular Hbond substituents is 2. The largest absolute Gasteiger partial charge is 0.508 e. The lowest BCUT2D eigenvalue weighted by Crippen LogP contribution is -2.12. The Bertz CT molecular complexity index is 690. The summed E-state index contributed by atoms with van der Waals surface area (Å²) in [6.07, 6.45) is 0. The Hall–Kier alpha value is -3.02. The third-order valence-corrected chi connectivity index (χ3v) is 2.85. The van der Waals surface area contributed by atoms with Gasteiger partial charge >= 0.3 is 0 Å². The second kappa shape index (κ2) is 5.96. The van der Waals surface area contributed by atoms with Crippen molar-refractivity contribution in [3.05, 3.63) is 53.6 Å². The number of nitrogens with one attached hydrogen (secondary N) is 1. The van der Waals surface area contributed by atoms with Crippen molar-refractivity contribution >= 4 is 17.3 Å². The Morgan fingerprint density at radius 2 is 1.71 bits per heavy atom. The van der Waals surface area contributed by atoms with Crippen LogP contribution < -0.4 is 5.32 Å². The number of hydrogen-bond acceptors (Lipinski definition) is 5. The van der Waals surface area contributed by atoms with Gasteiger partial charge < -0.3 is 20.7 Å². The van der Waals surface area contributed by atoms with Crippen molar-refractivity contribution in [3.8, 4) is 11.5 Å². The van der Waals surface area contributed by atoms with Gasteiger partial charge in [0.2, 0.25) is 0 Å². The van der Waals surface area contributed by atoms with Crippen molar-refractivity contribution in [2.24, 2.45) is 5.16 Å². The molecule has 0 aliphatic heterocycles. The monoisotopic (exact) mass is 286 g/mol. The Kier molecular flexibility index (Phi) is 4.08. The average molecular weight is 286 g/mol. The molecule has 1 amide bonds. The highest BCUT2D eigenvalue weighted by Gasteiger charge is 2.09. The van der Waals surface area contributed by atoms with Crippen LogP contribution in [0.4, 0.5) is 5.69 Å². The normalized spacial score (nSPS) is 11.2. The van der Waals surface area contributed by atoms with Gasteiger partial charge in [-0.2, -0.15) is 0 Å². The highest BCUT2D eigenvalue weighted by Crippen LogP contribution is 2.21. The van der Waals surface area contributed by atoms with Gasteiger partial charge in [0.05, 0.1) is 5.71 Å². The molecule has 0 aromatic heterocycles. The van der Waals surface area contributed by atoms with Crippen molar-refractivity contribution in [1.82, 2.24) is 0 Å². The predicted molar refractivity (Wildman–Crippen MR) is 78.2 cm³/mol. The zero-order chi connectivity index (χ0) is 15.4. The summed E-state index contributed by atoms with van der Waals surface area (Å²) in [6.45, 7) is 1.63. The summed E-state index contributed by atoms with van der Waals surface area (Å²) in [7, 11) is 0. The van der Waals surface area contributed by atoms with Crippen molar-refractivity contribution in [2.75, 3.05) is 5.32 Å². The van der Waals surface area contributed by atoms with Gasteiger partial charge in [-0.05, 0) is 31.2 Å². The first-order chi connectivity index (χ1) is 9.99. The van der Waals surface area contributed by atoms with Crippen LogP contribution in [0.1, 0.15) is 22.8 Å². The van der Waals surface area contributed by atoms with Crippen LogP contribution in [0.3, 0.4) is 0 Å². The summed E-state index contributed by atoms with van der Waals surface area (Å²) in [6, 6.07) is 10.4. The van der Waals surface area contributed by atoms with E-state index >= 15 is 0 Å². The van der Waals surface area contributed by atoms with E-state index in [1.54, 1.807) is 31.2 Å². The molecule has 2 aromatic carbocycles. The molecule has 0 radical (unpaired) electrons. The minimum Gasteiger partial charge on any atom is -0.508 e. The van der Waals surface area contributed by atoms with Gasteiger partial charge in [-0.25, -0.2) is 0 Å². The molecule has 0 aliphatic rings. The first-order valence-electron chi connectivity index (χ1n) is 6.13. The fourth-order valence-electron chi connectivity index (χ4n) is 1.81. The number of aromatic hydroxyl groups is 2. The molecule has 108 valence electrons. The molecule has 0 atom stereocenters. The lowest BCUT2D eigenvalue weighted by atomic mass is 10.1. The van der Waals surface area contributed by atoms with Crippen molar-refractivity contribution < 1.29 is 20.2 Å². The molecule has 6 nitrogen and oxygen atoms in total. The van der Waals surface area contributed by atoms with E-state index in [1.807, 2.05) is 0 Å². The standard InChI is InChI=1S/C15H14N2O4/c1-9(17-21)10-3-2-4-12(5-10)16-15(20)11-6-13(18)8-14(19)7-11/h2-8,18-19,21H,1H3,(H,16,20)/b17-9-. The second-order valence-electron chi connectivity index (χ2n) is 4.46. The van der Waals surface area contributed by atoms with E-state index in [9.17, 15) is 15.0 Å².